The fourth-order valence-electron chi connectivity index (χ4n) is 4.94. The highest BCUT2D eigenvalue weighted by molar-refractivity contribution is 8.15. The van der Waals surface area contributed by atoms with Crippen molar-refractivity contribution in [3.05, 3.63) is 58.2 Å². The normalized spacial score (nSPS) is 20.7. The molecule has 0 spiro atoms. The molecule has 1 aromatic carbocycles. The second-order valence-corrected chi connectivity index (χ2v) is 13.2. The Labute approximate surface area is 215 Å². The Morgan fingerprint density at radius 1 is 1.17 bits per heavy atom. The minimum absolute atomic E-state index is 0.0153. The molecule has 6 nitrogen and oxygen atoms in total. The van der Waals surface area contributed by atoms with Gasteiger partial charge >= 0.3 is 0 Å². The van der Waals surface area contributed by atoms with Crippen LogP contribution in [0.1, 0.15) is 55.3 Å². The molecule has 1 amide bonds. The van der Waals surface area contributed by atoms with Gasteiger partial charge in [0.1, 0.15) is 0 Å². The maximum Gasteiger partial charge on any atom is 0.289 e. The Bertz CT molecular complexity index is 1190. The summed E-state index contributed by atoms with van der Waals surface area (Å²) in [6.07, 6.45) is 9.87. The van der Waals surface area contributed by atoms with Crippen LogP contribution in [0, 0.1) is 0 Å². The van der Waals surface area contributed by atoms with Crippen molar-refractivity contribution in [2.24, 2.45) is 4.99 Å². The maximum absolute atomic E-state index is 13.6. The van der Waals surface area contributed by atoms with Crippen LogP contribution in [0.4, 0.5) is 0 Å². The first kappa shape index (κ1) is 24.4. The number of piperazine rings is 1. The lowest BCUT2D eigenvalue weighted by atomic mass is 9.98. The number of nitrogens with one attached hydrogen (secondary N) is 1. The number of thiazole rings is 1. The fourth-order valence-corrected chi connectivity index (χ4v) is 7.18. The molecule has 5 rings (SSSR count). The molecule has 1 saturated carbocycles. The summed E-state index contributed by atoms with van der Waals surface area (Å²) in [6, 6.07) is 10.3. The van der Waals surface area contributed by atoms with E-state index in [1.165, 1.54) is 34.0 Å². The third kappa shape index (κ3) is 5.29. The molecule has 2 aromatic rings. The van der Waals surface area contributed by atoms with E-state index in [4.69, 9.17) is 4.98 Å². The number of nitrogens with zero attached hydrogens (tertiary/aromatic N) is 4. The third-order valence-corrected chi connectivity index (χ3v) is 9.12. The monoisotopic (exact) mass is 509 g/mol. The molecule has 0 atom stereocenters. The summed E-state index contributed by atoms with van der Waals surface area (Å²) < 4.78 is 0. The van der Waals surface area contributed by atoms with E-state index in [2.05, 4.69) is 59.1 Å². The van der Waals surface area contributed by atoms with Crippen molar-refractivity contribution in [1.82, 2.24) is 20.1 Å². The number of hydrogen-bond acceptors (Lipinski definition) is 5. The van der Waals surface area contributed by atoms with Crippen LogP contribution in [-0.4, -0.2) is 75.7 Å². The Morgan fingerprint density at radius 2 is 1.94 bits per heavy atom. The van der Waals surface area contributed by atoms with Gasteiger partial charge in [-0.2, -0.15) is 10.5 Å². The summed E-state index contributed by atoms with van der Waals surface area (Å²) >= 11 is 1.81. The Morgan fingerprint density at radius 3 is 2.63 bits per heavy atom. The number of amides is 1. The number of carbonyl (C=O) groups is 1. The van der Waals surface area contributed by atoms with Crippen molar-refractivity contribution in [2.45, 2.75) is 44.6 Å². The van der Waals surface area contributed by atoms with E-state index in [0.717, 1.165) is 25.2 Å². The first-order valence-corrected chi connectivity index (χ1v) is 15.3. The highest BCUT2D eigenvalue weighted by Gasteiger charge is 2.40. The number of carbonyl (C=O) groups excluding carboxylic acids is 1. The highest BCUT2D eigenvalue weighted by Crippen LogP contribution is 2.41. The van der Waals surface area contributed by atoms with Crippen LogP contribution in [0.15, 0.2) is 46.9 Å². The number of aromatic nitrogens is 1. The van der Waals surface area contributed by atoms with E-state index in [9.17, 15) is 4.79 Å². The molecule has 0 radical (unpaired) electrons. The van der Waals surface area contributed by atoms with Gasteiger partial charge in [0.15, 0.2) is 5.84 Å². The van der Waals surface area contributed by atoms with Crippen molar-refractivity contribution in [2.75, 3.05) is 38.7 Å². The van der Waals surface area contributed by atoms with Crippen molar-refractivity contribution >= 4 is 44.1 Å². The van der Waals surface area contributed by atoms with Crippen molar-refractivity contribution in [1.29, 1.82) is 0 Å². The van der Waals surface area contributed by atoms with Crippen LogP contribution < -0.4 is 5.32 Å². The maximum atomic E-state index is 13.6. The van der Waals surface area contributed by atoms with E-state index in [0.29, 0.717) is 24.8 Å². The predicted molar refractivity (Wildman–Crippen MR) is 149 cm³/mol. The number of amidine groups is 1. The minimum Gasteiger partial charge on any atom is -0.342 e. The first-order valence-electron chi connectivity index (χ1n) is 12.4. The van der Waals surface area contributed by atoms with Crippen LogP contribution in [0.5, 0.6) is 0 Å². The summed E-state index contributed by atoms with van der Waals surface area (Å²) in [6.45, 7) is 7.20. The van der Waals surface area contributed by atoms with E-state index < -0.39 is 0 Å². The Balaban J connectivity index is 1.30. The fraction of sp³-hybridized carbons (Fsp3) is 0.481. The number of hydrogen-bond donors (Lipinski definition) is 1. The summed E-state index contributed by atoms with van der Waals surface area (Å²) in [5, 5.41) is 6.76. The molecule has 186 valence electrons. The van der Waals surface area contributed by atoms with Crippen LogP contribution in [0.3, 0.4) is 0 Å². The van der Waals surface area contributed by atoms with Gasteiger partial charge in [0.25, 0.3) is 5.91 Å². The zero-order valence-corrected chi connectivity index (χ0v) is 22.7. The molecular weight excluding hydrogens is 474 g/mol. The van der Waals surface area contributed by atoms with E-state index >= 15 is 0 Å². The number of aliphatic imine (C=N–C) groups is 1. The number of benzene rings is 1. The second kappa shape index (κ2) is 9.99. The molecule has 3 aliphatic rings. The van der Waals surface area contributed by atoms with Gasteiger partial charge in [-0.1, -0.05) is 30.3 Å². The zero-order valence-electron chi connectivity index (χ0n) is 21.1. The Hall–Kier alpha value is -2.29. The van der Waals surface area contributed by atoms with Crippen molar-refractivity contribution < 1.29 is 4.79 Å². The van der Waals surface area contributed by atoms with Gasteiger partial charge in [-0.15, -0.1) is 11.3 Å². The van der Waals surface area contributed by atoms with Crippen LogP contribution in [0.2, 0.25) is 0 Å². The molecule has 1 aromatic heterocycles. The SMILES string of the molecule is CS(C)=C(c1csc(C2CC2)n1)N1CCN(C(=O)C2=NCCC(c3ccccc3)=CN2)C(C)(C)C1. The average Bonchev–Trinajstić information content (AvgIpc) is 3.62. The molecule has 1 N–H and O–H groups in total. The zero-order chi connectivity index (χ0) is 24.6. The van der Waals surface area contributed by atoms with Gasteiger partial charge < -0.3 is 10.2 Å². The molecule has 0 unspecified atom stereocenters. The van der Waals surface area contributed by atoms with Gasteiger partial charge in [-0.25, -0.2) is 4.98 Å². The molecule has 1 saturated heterocycles. The highest BCUT2D eigenvalue weighted by atomic mass is 32.2. The third-order valence-electron chi connectivity index (χ3n) is 6.87. The van der Waals surface area contributed by atoms with E-state index in [-0.39, 0.29) is 21.9 Å². The molecule has 1 aliphatic carbocycles. The molecule has 35 heavy (non-hydrogen) atoms. The van der Waals surface area contributed by atoms with Gasteiger partial charge in [0.05, 0.1) is 21.2 Å². The smallest absolute Gasteiger partial charge is 0.289 e. The van der Waals surface area contributed by atoms with Gasteiger partial charge in [0.2, 0.25) is 0 Å². The topological polar surface area (TPSA) is 60.8 Å². The average molecular weight is 510 g/mol. The second-order valence-electron chi connectivity index (χ2n) is 10.3. The lowest BCUT2D eigenvalue weighted by molar-refractivity contribution is -0.132. The van der Waals surface area contributed by atoms with E-state index in [1.807, 2.05) is 29.3 Å². The summed E-state index contributed by atoms with van der Waals surface area (Å²) in [5.74, 6) is 1.11. The molecular formula is C27H35N5OS2. The summed E-state index contributed by atoms with van der Waals surface area (Å²) in [5.41, 5.74) is 3.15. The molecule has 2 aliphatic heterocycles. The molecule has 8 heteroatoms. The van der Waals surface area contributed by atoms with Gasteiger partial charge in [0, 0.05) is 43.7 Å². The molecule has 2 fully saturated rings. The number of rotatable bonds is 4. The lowest BCUT2D eigenvalue weighted by Gasteiger charge is -2.47. The molecule has 0 bridgehead atoms. The quantitative estimate of drug-likeness (QED) is 0.622. The summed E-state index contributed by atoms with van der Waals surface area (Å²) in [4.78, 5) is 29.0. The standard InChI is InChI=1S/C27H35N5OS2/c1-27(2)18-31(26(35(3)4)22-17-34-24(30-22)20-10-11-20)14-15-32(27)25(33)23-28-13-12-21(16-29-23)19-8-6-5-7-9-19/h5-9,16-17,20H,10-15,18H2,1-4H3,(H,28,29). The Kier molecular flexibility index (Phi) is 6.97. The van der Waals surface area contributed by atoms with E-state index in [1.54, 1.807) is 11.3 Å². The van der Waals surface area contributed by atoms with Gasteiger partial charge in [-0.05, 0) is 56.8 Å². The lowest BCUT2D eigenvalue weighted by Crippen LogP contribution is -2.64. The van der Waals surface area contributed by atoms with Crippen molar-refractivity contribution in [3.63, 3.8) is 0 Å². The predicted octanol–water partition coefficient (Wildman–Crippen LogP) is 4.38. The van der Waals surface area contributed by atoms with Crippen LogP contribution in [-0.2, 0) is 4.79 Å². The molecule has 3 heterocycles. The largest absolute Gasteiger partial charge is 0.342 e. The van der Waals surface area contributed by atoms with Crippen molar-refractivity contribution in [3.8, 4) is 0 Å². The minimum atomic E-state index is -0.322. The first-order chi connectivity index (χ1) is 16.8. The summed E-state index contributed by atoms with van der Waals surface area (Å²) in [7, 11) is 0.0741. The van der Waals surface area contributed by atoms with Gasteiger partial charge in [-0.3, -0.25) is 14.7 Å². The van der Waals surface area contributed by atoms with Crippen LogP contribution in [0.25, 0.3) is 5.57 Å². The van der Waals surface area contributed by atoms with Crippen LogP contribution >= 0.6 is 21.8 Å².